The molecule has 3 amide bonds. The zero-order valence-corrected chi connectivity index (χ0v) is 23.4. The summed E-state index contributed by atoms with van der Waals surface area (Å²) in [6, 6.07) is 0. The molecule has 0 saturated heterocycles. The minimum absolute atomic E-state index is 0.0830. The lowest BCUT2D eigenvalue weighted by molar-refractivity contribution is -0.132. The van der Waals surface area contributed by atoms with Crippen molar-refractivity contribution in [1.82, 2.24) is 15.5 Å². The van der Waals surface area contributed by atoms with Gasteiger partial charge >= 0.3 is 0 Å². The van der Waals surface area contributed by atoms with Crippen molar-refractivity contribution in [2.75, 3.05) is 26.2 Å². The molecule has 0 fully saturated rings. The lowest BCUT2D eigenvalue weighted by Gasteiger charge is -2.23. The van der Waals surface area contributed by atoms with E-state index in [4.69, 9.17) is 0 Å². The number of nitrogens with zero attached hydrogens (tertiary/aromatic N) is 1. The summed E-state index contributed by atoms with van der Waals surface area (Å²) in [6.07, 6.45) is 19.5. The van der Waals surface area contributed by atoms with E-state index < -0.39 is 0 Å². The van der Waals surface area contributed by atoms with E-state index in [9.17, 15) is 14.4 Å². The third-order valence-corrected chi connectivity index (χ3v) is 6.49. The molecule has 206 valence electrons. The third kappa shape index (κ3) is 22.6. The predicted molar refractivity (Wildman–Crippen MR) is 147 cm³/mol. The van der Waals surface area contributed by atoms with Gasteiger partial charge in [-0.25, -0.2) is 0 Å². The van der Waals surface area contributed by atoms with Crippen LogP contribution in [0, 0.1) is 0 Å². The van der Waals surface area contributed by atoms with Gasteiger partial charge in [0.15, 0.2) is 0 Å². The van der Waals surface area contributed by atoms with E-state index in [0.29, 0.717) is 45.4 Å². The number of carbonyl (C=O) groups excluding carboxylic acids is 3. The number of rotatable bonds is 25. The number of hydrogen-bond donors (Lipinski definition) is 2. The van der Waals surface area contributed by atoms with Crippen molar-refractivity contribution in [1.29, 1.82) is 0 Å². The Morgan fingerprint density at radius 1 is 0.486 bits per heavy atom. The zero-order chi connectivity index (χ0) is 26.0. The van der Waals surface area contributed by atoms with Gasteiger partial charge in [0.2, 0.25) is 17.7 Å². The molecule has 0 aromatic rings. The highest BCUT2D eigenvalue weighted by atomic mass is 16.2. The lowest BCUT2D eigenvalue weighted by atomic mass is 10.1. The van der Waals surface area contributed by atoms with E-state index in [-0.39, 0.29) is 17.7 Å². The van der Waals surface area contributed by atoms with Crippen molar-refractivity contribution in [3.05, 3.63) is 0 Å². The maximum Gasteiger partial charge on any atom is 0.222 e. The van der Waals surface area contributed by atoms with Crippen LogP contribution in [0.25, 0.3) is 0 Å². The molecule has 0 unspecified atom stereocenters. The largest absolute Gasteiger partial charge is 0.356 e. The van der Waals surface area contributed by atoms with Gasteiger partial charge in [-0.2, -0.15) is 0 Å². The summed E-state index contributed by atoms with van der Waals surface area (Å²) in [4.78, 5) is 38.8. The molecular formula is C29H57N3O3. The molecule has 0 atom stereocenters. The third-order valence-electron chi connectivity index (χ3n) is 6.49. The van der Waals surface area contributed by atoms with E-state index in [1.807, 2.05) is 4.90 Å². The van der Waals surface area contributed by atoms with Gasteiger partial charge in [-0.15, -0.1) is 0 Å². The van der Waals surface area contributed by atoms with Crippen LogP contribution < -0.4 is 10.6 Å². The van der Waals surface area contributed by atoms with Crippen molar-refractivity contribution in [3.63, 3.8) is 0 Å². The standard InChI is InChI=1S/C29H57N3O3/c1-4-7-10-13-16-20-27(33)30-23-19-25-32(29(35)22-18-15-12-9-6-3)26-24-31-28(34)21-17-14-11-8-5-2/h4-26H2,1-3H3,(H,30,33)(H,31,34). The van der Waals surface area contributed by atoms with Gasteiger partial charge in [0, 0.05) is 45.4 Å². The molecule has 0 bridgehead atoms. The summed E-state index contributed by atoms with van der Waals surface area (Å²) in [5.74, 6) is 0.360. The van der Waals surface area contributed by atoms with Crippen LogP contribution in [0.4, 0.5) is 0 Å². The minimum Gasteiger partial charge on any atom is -0.356 e. The lowest BCUT2D eigenvalue weighted by Crippen LogP contribution is -2.40. The molecule has 0 aromatic heterocycles. The molecule has 0 radical (unpaired) electrons. The highest BCUT2D eigenvalue weighted by Crippen LogP contribution is 2.08. The summed E-state index contributed by atoms with van der Waals surface area (Å²) >= 11 is 0. The maximum atomic E-state index is 12.8. The quantitative estimate of drug-likeness (QED) is 0.142. The Kier molecular flexibility index (Phi) is 24.3. The second-order valence-corrected chi connectivity index (χ2v) is 9.93. The smallest absolute Gasteiger partial charge is 0.222 e. The normalized spacial score (nSPS) is 10.8. The molecule has 35 heavy (non-hydrogen) atoms. The highest BCUT2D eigenvalue weighted by molar-refractivity contribution is 5.77. The first-order valence-electron chi connectivity index (χ1n) is 14.9. The monoisotopic (exact) mass is 495 g/mol. The number of unbranched alkanes of at least 4 members (excludes halogenated alkanes) is 12. The Bertz CT molecular complexity index is 525. The van der Waals surface area contributed by atoms with Crippen LogP contribution in [0.1, 0.15) is 143 Å². The second-order valence-electron chi connectivity index (χ2n) is 9.93. The van der Waals surface area contributed by atoms with Crippen LogP contribution in [0.3, 0.4) is 0 Å². The van der Waals surface area contributed by atoms with E-state index in [1.165, 1.54) is 57.8 Å². The molecule has 6 heteroatoms. The number of hydrogen-bond acceptors (Lipinski definition) is 3. The van der Waals surface area contributed by atoms with Gasteiger partial charge in [-0.3, -0.25) is 14.4 Å². The average molecular weight is 496 g/mol. The van der Waals surface area contributed by atoms with Crippen molar-refractivity contribution < 1.29 is 14.4 Å². The molecular weight excluding hydrogens is 438 g/mol. The first-order chi connectivity index (χ1) is 17.0. The van der Waals surface area contributed by atoms with Crippen LogP contribution in [0.2, 0.25) is 0 Å². The molecule has 6 nitrogen and oxygen atoms in total. The van der Waals surface area contributed by atoms with Crippen molar-refractivity contribution in [2.45, 2.75) is 143 Å². The Balaban J connectivity index is 4.28. The number of carbonyl (C=O) groups is 3. The van der Waals surface area contributed by atoms with E-state index in [0.717, 1.165) is 44.9 Å². The van der Waals surface area contributed by atoms with Crippen molar-refractivity contribution >= 4 is 17.7 Å². The second kappa shape index (κ2) is 25.5. The van der Waals surface area contributed by atoms with Gasteiger partial charge in [-0.05, 0) is 25.7 Å². The summed E-state index contributed by atoms with van der Waals surface area (Å²) < 4.78 is 0. The van der Waals surface area contributed by atoms with Crippen LogP contribution in [0.5, 0.6) is 0 Å². The molecule has 2 N–H and O–H groups in total. The van der Waals surface area contributed by atoms with Crippen LogP contribution in [-0.4, -0.2) is 48.8 Å². The van der Waals surface area contributed by atoms with Gasteiger partial charge in [-0.1, -0.05) is 97.8 Å². The summed E-state index contributed by atoms with van der Waals surface area (Å²) in [5.41, 5.74) is 0. The van der Waals surface area contributed by atoms with Gasteiger partial charge in [0.1, 0.15) is 0 Å². The average Bonchev–Trinajstić information content (AvgIpc) is 2.85. The van der Waals surface area contributed by atoms with Crippen LogP contribution in [-0.2, 0) is 14.4 Å². The van der Waals surface area contributed by atoms with Crippen LogP contribution in [0.15, 0.2) is 0 Å². The summed E-state index contributed by atoms with van der Waals surface area (Å²) in [6.45, 7) is 8.83. The number of nitrogens with one attached hydrogen (secondary N) is 2. The molecule has 0 saturated carbocycles. The van der Waals surface area contributed by atoms with Crippen LogP contribution >= 0.6 is 0 Å². The van der Waals surface area contributed by atoms with E-state index in [1.54, 1.807) is 0 Å². The maximum absolute atomic E-state index is 12.8. The Morgan fingerprint density at radius 2 is 0.914 bits per heavy atom. The van der Waals surface area contributed by atoms with Crippen molar-refractivity contribution in [3.8, 4) is 0 Å². The topological polar surface area (TPSA) is 78.5 Å². The van der Waals surface area contributed by atoms with Gasteiger partial charge < -0.3 is 15.5 Å². The molecule has 0 aliphatic heterocycles. The van der Waals surface area contributed by atoms with E-state index >= 15 is 0 Å². The van der Waals surface area contributed by atoms with Crippen molar-refractivity contribution in [2.24, 2.45) is 0 Å². The first-order valence-corrected chi connectivity index (χ1v) is 14.9. The van der Waals surface area contributed by atoms with Gasteiger partial charge in [0.05, 0.1) is 0 Å². The Labute approximate surface area is 216 Å². The molecule has 0 rings (SSSR count). The number of amides is 3. The molecule has 0 aliphatic rings. The fourth-order valence-corrected chi connectivity index (χ4v) is 4.18. The fraction of sp³-hybridized carbons (Fsp3) is 0.897. The Hall–Kier alpha value is -1.59. The van der Waals surface area contributed by atoms with E-state index in [2.05, 4.69) is 31.4 Å². The first kappa shape index (κ1) is 33.4. The molecule has 0 spiro atoms. The predicted octanol–water partition coefficient (Wildman–Crippen LogP) is 6.52. The summed E-state index contributed by atoms with van der Waals surface area (Å²) in [5, 5.41) is 5.99. The molecule has 0 heterocycles. The summed E-state index contributed by atoms with van der Waals surface area (Å²) in [7, 11) is 0. The molecule has 0 aromatic carbocycles. The van der Waals surface area contributed by atoms with Gasteiger partial charge in [0.25, 0.3) is 0 Å². The molecule has 0 aliphatic carbocycles. The Morgan fingerprint density at radius 3 is 1.40 bits per heavy atom. The zero-order valence-electron chi connectivity index (χ0n) is 23.4. The minimum atomic E-state index is 0.0830. The highest BCUT2D eigenvalue weighted by Gasteiger charge is 2.13. The fourth-order valence-electron chi connectivity index (χ4n) is 4.18. The SMILES string of the molecule is CCCCCCCC(=O)NCCCN(CCNC(=O)CCCCCCC)C(=O)CCCCCCC.